The second-order valence-electron chi connectivity index (χ2n) is 6.97. The van der Waals surface area contributed by atoms with Crippen molar-refractivity contribution in [2.75, 3.05) is 17.7 Å². The normalized spacial score (nSPS) is 10.9. The fourth-order valence-electron chi connectivity index (χ4n) is 2.92. The van der Waals surface area contributed by atoms with Crippen molar-refractivity contribution in [2.24, 2.45) is 5.10 Å². The van der Waals surface area contributed by atoms with Gasteiger partial charge in [-0.05, 0) is 51.0 Å². The third-order valence-corrected chi connectivity index (χ3v) is 4.24. The number of nitrogens with zero attached hydrogens (tertiary/aromatic N) is 1. The fraction of sp³-hybridized carbons (Fsp3) is 0.273. The summed E-state index contributed by atoms with van der Waals surface area (Å²) in [4.78, 5) is 36.2. The molecule has 8 heteroatoms. The minimum Gasteiger partial charge on any atom is -0.497 e. The first-order valence-corrected chi connectivity index (χ1v) is 9.36. The van der Waals surface area contributed by atoms with Crippen LogP contribution in [0, 0.1) is 20.8 Å². The lowest BCUT2D eigenvalue weighted by Crippen LogP contribution is -2.33. The Hall–Kier alpha value is -3.68. The molecule has 0 aliphatic heterocycles. The molecule has 2 aromatic carbocycles. The van der Waals surface area contributed by atoms with E-state index in [2.05, 4.69) is 21.2 Å². The molecule has 0 saturated heterocycles. The van der Waals surface area contributed by atoms with Crippen LogP contribution < -0.4 is 20.8 Å². The summed E-state index contributed by atoms with van der Waals surface area (Å²) in [7, 11) is 1.50. The lowest BCUT2D eigenvalue weighted by Gasteiger charge is -2.12. The molecule has 0 aliphatic rings. The van der Waals surface area contributed by atoms with Gasteiger partial charge in [0.1, 0.15) is 5.75 Å². The highest BCUT2D eigenvalue weighted by atomic mass is 16.5. The summed E-state index contributed by atoms with van der Waals surface area (Å²) in [6.45, 7) is 7.44. The largest absolute Gasteiger partial charge is 0.497 e. The van der Waals surface area contributed by atoms with E-state index < -0.39 is 11.8 Å². The molecule has 3 N–H and O–H groups in total. The molecule has 0 saturated carbocycles. The van der Waals surface area contributed by atoms with Crippen LogP contribution in [0.25, 0.3) is 0 Å². The van der Waals surface area contributed by atoms with Crippen molar-refractivity contribution < 1.29 is 19.1 Å². The monoisotopic (exact) mass is 410 g/mol. The van der Waals surface area contributed by atoms with Gasteiger partial charge in [-0.2, -0.15) is 5.10 Å². The van der Waals surface area contributed by atoms with Crippen LogP contribution in [-0.2, 0) is 14.4 Å². The summed E-state index contributed by atoms with van der Waals surface area (Å²) < 4.78 is 5.06. The summed E-state index contributed by atoms with van der Waals surface area (Å²) in [6, 6.07) is 10.6. The molecule has 8 nitrogen and oxygen atoms in total. The molecule has 3 amide bonds. The Morgan fingerprint density at radius 1 is 0.967 bits per heavy atom. The number of ether oxygens (including phenoxy) is 1. The number of benzene rings is 2. The van der Waals surface area contributed by atoms with Gasteiger partial charge in [0.05, 0.1) is 13.5 Å². The van der Waals surface area contributed by atoms with Gasteiger partial charge in [0.15, 0.2) is 0 Å². The van der Waals surface area contributed by atoms with Crippen LogP contribution in [0.2, 0.25) is 0 Å². The number of carbonyl (C=O) groups is 3. The summed E-state index contributed by atoms with van der Waals surface area (Å²) >= 11 is 0. The van der Waals surface area contributed by atoms with Crippen molar-refractivity contribution >= 4 is 34.8 Å². The fourth-order valence-corrected chi connectivity index (χ4v) is 2.92. The zero-order valence-electron chi connectivity index (χ0n) is 17.8. The number of amides is 3. The predicted molar refractivity (Wildman–Crippen MR) is 117 cm³/mol. The Morgan fingerprint density at radius 3 is 2.27 bits per heavy atom. The van der Waals surface area contributed by atoms with E-state index in [0.29, 0.717) is 17.1 Å². The highest BCUT2D eigenvalue weighted by Gasteiger charge is 2.14. The highest BCUT2D eigenvalue weighted by molar-refractivity contribution is 6.39. The van der Waals surface area contributed by atoms with Crippen LogP contribution in [0.3, 0.4) is 0 Å². The summed E-state index contributed by atoms with van der Waals surface area (Å²) in [5, 5.41) is 9.15. The molecule has 158 valence electrons. The van der Waals surface area contributed by atoms with Gasteiger partial charge in [-0.1, -0.05) is 23.8 Å². The number of methoxy groups -OCH3 is 1. The molecule has 0 radical (unpaired) electrons. The minimum atomic E-state index is -0.942. The van der Waals surface area contributed by atoms with Gasteiger partial charge < -0.3 is 15.4 Å². The summed E-state index contributed by atoms with van der Waals surface area (Å²) in [5.74, 6) is -1.54. The molecule has 0 aliphatic carbocycles. The molecule has 0 unspecified atom stereocenters. The lowest BCUT2D eigenvalue weighted by molar-refractivity contribution is -0.136. The van der Waals surface area contributed by atoms with Crippen LogP contribution in [0.15, 0.2) is 41.5 Å². The first-order valence-electron chi connectivity index (χ1n) is 9.36. The van der Waals surface area contributed by atoms with E-state index in [9.17, 15) is 14.4 Å². The number of hydrazone groups is 1. The van der Waals surface area contributed by atoms with Crippen LogP contribution in [0.4, 0.5) is 11.4 Å². The molecule has 0 fully saturated rings. The van der Waals surface area contributed by atoms with Crippen molar-refractivity contribution in [3.8, 4) is 5.75 Å². The van der Waals surface area contributed by atoms with Crippen LogP contribution in [0.5, 0.6) is 5.75 Å². The Labute approximate surface area is 175 Å². The van der Waals surface area contributed by atoms with Crippen molar-refractivity contribution in [3.05, 3.63) is 53.1 Å². The van der Waals surface area contributed by atoms with Crippen LogP contribution in [0.1, 0.15) is 30.0 Å². The van der Waals surface area contributed by atoms with E-state index in [1.807, 2.05) is 32.9 Å². The quantitative estimate of drug-likeness (QED) is 0.386. The average molecular weight is 410 g/mol. The second kappa shape index (κ2) is 10.2. The van der Waals surface area contributed by atoms with E-state index in [1.165, 1.54) is 7.11 Å². The maximum atomic E-state index is 12.3. The first-order chi connectivity index (χ1) is 14.2. The molecule has 0 spiro atoms. The van der Waals surface area contributed by atoms with Gasteiger partial charge in [-0.25, -0.2) is 5.43 Å². The molecule has 30 heavy (non-hydrogen) atoms. The number of nitrogens with one attached hydrogen (secondary N) is 3. The van der Waals surface area contributed by atoms with E-state index in [1.54, 1.807) is 31.2 Å². The van der Waals surface area contributed by atoms with E-state index in [4.69, 9.17) is 4.74 Å². The molecule has 2 aromatic rings. The van der Waals surface area contributed by atoms with E-state index in [0.717, 1.165) is 22.4 Å². The summed E-state index contributed by atoms with van der Waals surface area (Å²) in [6.07, 6.45) is -0.0233. The topological polar surface area (TPSA) is 109 Å². The standard InChI is InChI=1S/C22H26N4O4/c1-13-9-14(2)20(15(3)10-13)24-19(27)11-16(4)25-26-22(29)21(28)23-17-7-6-8-18(12-17)30-5/h6-10,12H,11H2,1-5H3,(H,23,28)(H,24,27)(H,26,29). The molecule has 0 heterocycles. The van der Waals surface area contributed by atoms with Crippen molar-refractivity contribution in [2.45, 2.75) is 34.1 Å². The van der Waals surface area contributed by atoms with Crippen molar-refractivity contribution in [1.82, 2.24) is 5.43 Å². The number of hydrogen-bond acceptors (Lipinski definition) is 5. The van der Waals surface area contributed by atoms with Gasteiger partial charge in [0.25, 0.3) is 0 Å². The van der Waals surface area contributed by atoms with Gasteiger partial charge in [0.2, 0.25) is 5.91 Å². The number of rotatable bonds is 6. The average Bonchev–Trinajstić information content (AvgIpc) is 2.68. The van der Waals surface area contributed by atoms with Gasteiger partial charge >= 0.3 is 11.8 Å². The van der Waals surface area contributed by atoms with Gasteiger partial charge in [-0.3, -0.25) is 14.4 Å². The molecule has 2 rings (SSSR count). The Kier molecular flexibility index (Phi) is 7.69. The second-order valence-corrected chi connectivity index (χ2v) is 6.97. The maximum absolute atomic E-state index is 12.3. The van der Waals surface area contributed by atoms with Crippen molar-refractivity contribution in [3.63, 3.8) is 0 Å². The zero-order valence-corrected chi connectivity index (χ0v) is 17.8. The molecule has 0 aromatic heterocycles. The Bertz CT molecular complexity index is 975. The molecular weight excluding hydrogens is 384 g/mol. The van der Waals surface area contributed by atoms with Crippen molar-refractivity contribution in [1.29, 1.82) is 0 Å². The molecular formula is C22H26N4O4. The third kappa shape index (κ3) is 6.44. The maximum Gasteiger partial charge on any atom is 0.329 e. The Balaban J connectivity index is 1.90. The van der Waals surface area contributed by atoms with Gasteiger partial charge in [0, 0.05) is 23.2 Å². The van der Waals surface area contributed by atoms with Crippen LogP contribution in [-0.4, -0.2) is 30.5 Å². The first kappa shape index (κ1) is 22.6. The molecule has 0 atom stereocenters. The minimum absolute atomic E-state index is 0.0233. The van der Waals surface area contributed by atoms with Gasteiger partial charge in [-0.15, -0.1) is 0 Å². The van der Waals surface area contributed by atoms with Crippen LogP contribution >= 0.6 is 0 Å². The SMILES string of the molecule is COc1cccc(NC(=O)C(=O)NN=C(C)CC(=O)Nc2c(C)cc(C)cc2C)c1. The predicted octanol–water partition coefficient (Wildman–Crippen LogP) is 3.08. The summed E-state index contributed by atoms with van der Waals surface area (Å²) in [5.41, 5.74) is 6.76. The molecule has 0 bridgehead atoms. The van der Waals surface area contributed by atoms with E-state index in [-0.39, 0.29) is 12.3 Å². The number of hydrogen-bond donors (Lipinski definition) is 3. The Morgan fingerprint density at radius 2 is 1.63 bits per heavy atom. The number of aryl methyl sites for hydroxylation is 3. The smallest absolute Gasteiger partial charge is 0.329 e. The van der Waals surface area contributed by atoms with E-state index >= 15 is 0 Å². The third-order valence-electron chi connectivity index (χ3n) is 4.24. The zero-order chi connectivity index (χ0) is 22.3. The lowest BCUT2D eigenvalue weighted by atomic mass is 10.0. The highest BCUT2D eigenvalue weighted by Crippen LogP contribution is 2.22. The number of carbonyl (C=O) groups excluding carboxylic acids is 3. The number of anilines is 2.